The van der Waals surface area contributed by atoms with Gasteiger partial charge in [-0.25, -0.2) is 0 Å². The number of nitrogens with one attached hydrogen (secondary N) is 1. The predicted molar refractivity (Wildman–Crippen MR) is 99.6 cm³/mol. The van der Waals surface area contributed by atoms with Crippen molar-refractivity contribution in [3.05, 3.63) is 57.5 Å². The molecule has 1 amide bonds. The normalized spacial score (nSPS) is 10.4. The van der Waals surface area contributed by atoms with Gasteiger partial charge in [-0.15, -0.1) is 11.8 Å². The zero-order valence-electron chi connectivity index (χ0n) is 12.6. The smallest absolute Gasteiger partial charge is 0.257 e. The van der Waals surface area contributed by atoms with Crippen LogP contribution in [-0.4, -0.2) is 24.8 Å². The van der Waals surface area contributed by atoms with Gasteiger partial charge in [-0.05, 0) is 53.2 Å². The van der Waals surface area contributed by atoms with Crippen LogP contribution in [0.4, 0.5) is 0 Å². The molecule has 0 fully saturated rings. The minimum absolute atomic E-state index is 0.0184. The fourth-order valence-corrected chi connectivity index (χ4v) is 3.35. The number of carbonyl (C=O) groups is 1. The third-order valence-electron chi connectivity index (χ3n) is 2.97. The zero-order valence-corrected chi connectivity index (χ0v) is 15.8. The van der Waals surface area contributed by atoms with Gasteiger partial charge >= 0.3 is 0 Å². The topological polar surface area (TPSA) is 38.3 Å². The van der Waals surface area contributed by atoms with Gasteiger partial charge in [-0.2, -0.15) is 0 Å². The monoisotopic (exact) mass is 413 g/mol. The van der Waals surface area contributed by atoms with E-state index in [2.05, 4.69) is 52.4 Å². The number of halogens is 2. The number of benzene rings is 2. The summed E-state index contributed by atoms with van der Waals surface area (Å²) in [6.07, 6.45) is 0. The Morgan fingerprint density at radius 2 is 2.00 bits per heavy atom. The minimum Gasteiger partial charge on any atom is -0.483 e. The van der Waals surface area contributed by atoms with E-state index in [1.54, 1.807) is 30.0 Å². The van der Waals surface area contributed by atoms with Gasteiger partial charge in [0, 0.05) is 22.2 Å². The van der Waals surface area contributed by atoms with Gasteiger partial charge in [0.2, 0.25) is 0 Å². The van der Waals surface area contributed by atoms with Crippen molar-refractivity contribution in [1.82, 2.24) is 5.32 Å². The first-order valence-corrected chi connectivity index (χ1v) is 9.24. The molecule has 0 heterocycles. The third-order valence-corrected chi connectivity index (χ3v) is 4.84. The average Bonchev–Trinajstić information content (AvgIpc) is 2.52. The molecule has 23 heavy (non-hydrogen) atoms. The largest absolute Gasteiger partial charge is 0.483 e. The molecule has 0 spiro atoms. The highest BCUT2D eigenvalue weighted by atomic mass is 79.9. The van der Waals surface area contributed by atoms with Crippen molar-refractivity contribution in [3.8, 4) is 5.75 Å². The Labute approximate surface area is 153 Å². The molecule has 0 saturated carbocycles. The number of thioether (sulfide) groups is 1. The highest BCUT2D eigenvalue weighted by molar-refractivity contribution is 9.10. The molecular formula is C17H17BrClNO2S. The Morgan fingerprint density at radius 3 is 2.70 bits per heavy atom. The van der Waals surface area contributed by atoms with Crippen molar-refractivity contribution in [2.24, 2.45) is 0 Å². The second kappa shape index (κ2) is 9.21. The summed E-state index contributed by atoms with van der Waals surface area (Å²) in [6.45, 7) is 2.64. The maximum absolute atomic E-state index is 11.8. The SMILES string of the molecule is Cc1ccc(SCCNC(=O)COc2ccc(Cl)cc2Br)cc1. The Kier molecular flexibility index (Phi) is 7.27. The molecule has 0 aromatic heterocycles. The lowest BCUT2D eigenvalue weighted by Crippen LogP contribution is -2.30. The summed E-state index contributed by atoms with van der Waals surface area (Å²) in [7, 11) is 0. The summed E-state index contributed by atoms with van der Waals surface area (Å²) in [6, 6.07) is 13.5. The van der Waals surface area contributed by atoms with E-state index >= 15 is 0 Å². The summed E-state index contributed by atoms with van der Waals surface area (Å²) in [5, 5.41) is 3.45. The van der Waals surface area contributed by atoms with Crippen molar-refractivity contribution in [2.45, 2.75) is 11.8 Å². The lowest BCUT2D eigenvalue weighted by atomic mass is 10.2. The van der Waals surface area contributed by atoms with Crippen molar-refractivity contribution in [2.75, 3.05) is 18.9 Å². The third kappa shape index (κ3) is 6.45. The van der Waals surface area contributed by atoms with Crippen LogP contribution in [0.5, 0.6) is 5.75 Å². The van der Waals surface area contributed by atoms with Gasteiger partial charge in [-0.1, -0.05) is 29.3 Å². The zero-order chi connectivity index (χ0) is 16.7. The van der Waals surface area contributed by atoms with Crippen molar-refractivity contribution in [3.63, 3.8) is 0 Å². The molecule has 122 valence electrons. The van der Waals surface area contributed by atoms with E-state index in [1.807, 2.05) is 0 Å². The summed E-state index contributed by atoms with van der Waals surface area (Å²) >= 11 is 10.9. The van der Waals surface area contributed by atoms with Gasteiger partial charge in [0.15, 0.2) is 6.61 Å². The second-order valence-electron chi connectivity index (χ2n) is 4.87. The molecule has 0 aliphatic heterocycles. The number of ether oxygens (including phenoxy) is 1. The Bertz CT molecular complexity index is 664. The van der Waals surface area contributed by atoms with E-state index in [0.717, 1.165) is 10.2 Å². The van der Waals surface area contributed by atoms with Gasteiger partial charge in [0.25, 0.3) is 5.91 Å². The molecule has 3 nitrogen and oxygen atoms in total. The molecule has 2 aromatic carbocycles. The number of amides is 1. The molecule has 0 radical (unpaired) electrons. The minimum atomic E-state index is -0.142. The molecule has 0 unspecified atom stereocenters. The van der Waals surface area contributed by atoms with Crippen LogP contribution >= 0.6 is 39.3 Å². The molecule has 1 N–H and O–H groups in total. The molecule has 2 aromatic rings. The van der Waals surface area contributed by atoms with E-state index in [0.29, 0.717) is 17.3 Å². The lowest BCUT2D eigenvalue weighted by Gasteiger charge is -2.09. The number of carbonyl (C=O) groups excluding carboxylic acids is 1. The molecule has 0 aliphatic rings. The quantitative estimate of drug-likeness (QED) is 0.527. The molecule has 0 bridgehead atoms. The molecular weight excluding hydrogens is 398 g/mol. The average molecular weight is 415 g/mol. The fraction of sp³-hybridized carbons (Fsp3) is 0.235. The van der Waals surface area contributed by atoms with E-state index < -0.39 is 0 Å². The molecule has 0 aliphatic carbocycles. The van der Waals surface area contributed by atoms with Crippen LogP contribution < -0.4 is 10.1 Å². The molecule has 0 saturated heterocycles. The molecule has 2 rings (SSSR count). The first-order valence-electron chi connectivity index (χ1n) is 7.08. The second-order valence-corrected chi connectivity index (χ2v) is 7.33. The van der Waals surface area contributed by atoms with Crippen LogP contribution in [0.15, 0.2) is 51.8 Å². The Hall–Kier alpha value is -1.17. The van der Waals surface area contributed by atoms with Crippen LogP contribution in [0.1, 0.15) is 5.56 Å². The van der Waals surface area contributed by atoms with E-state index in [1.165, 1.54) is 10.5 Å². The summed E-state index contributed by atoms with van der Waals surface area (Å²) in [4.78, 5) is 13.0. The predicted octanol–water partition coefficient (Wildman–Crippen LogP) is 4.70. The van der Waals surface area contributed by atoms with E-state index in [-0.39, 0.29) is 12.5 Å². The molecule has 0 atom stereocenters. The fourth-order valence-electron chi connectivity index (χ4n) is 1.78. The van der Waals surface area contributed by atoms with Crippen LogP contribution in [0.25, 0.3) is 0 Å². The van der Waals surface area contributed by atoms with Crippen LogP contribution in [-0.2, 0) is 4.79 Å². The van der Waals surface area contributed by atoms with Crippen molar-refractivity contribution >= 4 is 45.2 Å². The summed E-state index contributed by atoms with van der Waals surface area (Å²) in [5.41, 5.74) is 1.24. The summed E-state index contributed by atoms with van der Waals surface area (Å²) < 4.78 is 6.19. The van der Waals surface area contributed by atoms with Gasteiger partial charge in [0.1, 0.15) is 5.75 Å². The van der Waals surface area contributed by atoms with Crippen molar-refractivity contribution < 1.29 is 9.53 Å². The summed E-state index contributed by atoms with van der Waals surface area (Å²) in [5.74, 6) is 1.27. The number of aryl methyl sites for hydroxylation is 1. The molecule has 6 heteroatoms. The lowest BCUT2D eigenvalue weighted by molar-refractivity contribution is -0.122. The van der Waals surface area contributed by atoms with Gasteiger partial charge < -0.3 is 10.1 Å². The maximum atomic E-state index is 11.8. The Morgan fingerprint density at radius 1 is 1.26 bits per heavy atom. The first kappa shape index (κ1) is 18.2. The number of hydrogen-bond acceptors (Lipinski definition) is 3. The first-order chi connectivity index (χ1) is 11.0. The number of rotatable bonds is 7. The maximum Gasteiger partial charge on any atom is 0.257 e. The van der Waals surface area contributed by atoms with Gasteiger partial charge in [0.05, 0.1) is 4.47 Å². The highest BCUT2D eigenvalue weighted by Gasteiger charge is 2.06. The van der Waals surface area contributed by atoms with E-state index in [9.17, 15) is 4.79 Å². The van der Waals surface area contributed by atoms with Crippen LogP contribution in [0.2, 0.25) is 5.02 Å². The van der Waals surface area contributed by atoms with E-state index in [4.69, 9.17) is 16.3 Å². The highest BCUT2D eigenvalue weighted by Crippen LogP contribution is 2.27. The number of hydrogen-bond donors (Lipinski definition) is 1. The standard InChI is InChI=1S/C17H17BrClNO2S/c1-12-2-5-14(6-3-12)23-9-8-20-17(21)11-22-16-7-4-13(19)10-15(16)18/h2-7,10H,8-9,11H2,1H3,(H,20,21). The van der Waals surface area contributed by atoms with Crippen LogP contribution in [0, 0.1) is 6.92 Å². The van der Waals surface area contributed by atoms with Crippen molar-refractivity contribution in [1.29, 1.82) is 0 Å². The van der Waals surface area contributed by atoms with Crippen LogP contribution in [0.3, 0.4) is 0 Å². The Balaban J connectivity index is 1.66. The van der Waals surface area contributed by atoms with Gasteiger partial charge in [-0.3, -0.25) is 4.79 Å².